The van der Waals surface area contributed by atoms with Gasteiger partial charge in [0.25, 0.3) is 5.16 Å². The summed E-state index contributed by atoms with van der Waals surface area (Å²) in [5.74, 6) is -0.912. The van der Waals surface area contributed by atoms with Gasteiger partial charge in [-0.15, -0.1) is 0 Å². The lowest BCUT2D eigenvalue weighted by molar-refractivity contribution is -0.160. The lowest BCUT2D eigenvalue weighted by Gasteiger charge is -2.30. The normalized spacial score (nSPS) is 13.5. The van der Waals surface area contributed by atoms with Crippen LogP contribution < -0.4 is 11.4 Å². The van der Waals surface area contributed by atoms with Gasteiger partial charge in [0, 0.05) is 7.05 Å². The molecule has 1 aromatic carbocycles. The van der Waals surface area contributed by atoms with Crippen molar-refractivity contribution in [3.8, 4) is 0 Å². The number of amides is 1. The number of nitrogens with zero attached hydrogens (tertiary/aromatic N) is 5. The average Bonchev–Trinajstić information content (AvgIpc) is 3.07. The fraction of sp³-hybridized carbons (Fsp3) is 0.458. The van der Waals surface area contributed by atoms with E-state index in [-0.39, 0.29) is 35.9 Å². The van der Waals surface area contributed by atoms with Crippen LogP contribution in [-0.4, -0.2) is 63.5 Å². The zero-order valence-electron chi connectivity index (χ0n) is 21.7. The second kappa shape index (κ2) is 10.8. The van der Waals surface area contributed by atoms with Crippen molar-refractivity contribution in [2.24, 2.45) is 5.92 Å². The number of hydrogen-bond acceptors (Lipinski definition) is 8. The van der Waals surface area contributed by atoms with Crippen molar-refractivity contribution >= 4 is 40.1 Å². The summed E-state index contributed by atoms with van der Waals surface area (Å²) >= 11 is -2.58. The maximum Gasteiger partial charge on any atom is 0.339 e. The number of hydrogen-bond donors (Lipinski definition) is 2. The largest absolute Gasteiger partial charge is 0.458 e. The number of carbonyl (C=O) groups is 2. The minimum absolute atomic E-state index is 0.00954. The molecule has 1 amide bonds. The van der Waals surface area contributed by atoms with Crippen LogP contribution in [0.3, 0.4) is 0 Å². The van der Waals surface area contributed by atoms with Gasteiger partial charge in [-0.25, -0.2) is 23.2 Å². The van der Waals surface area contributed by atoms with Crippen LogP contribution in [0.25, 0.3) is 11.2 Å². The van der Waals surface area contributed by atoms with E-state index < -0.39 is 45.6 Å². The molecule has 3 N–H and O–H groups in total. The van der Waals surface area contributed by atoms with Crippen LogP contribution in [-0.2, 0) is 27.2 Å². The van der Waals surface area contributed by atoms with E-state index in [1.807, 2.05) is 19.9 Å². The van der Waals surface area contributed by atoms with Gasteiger partial charge in [0.1, 0.15) is 17.2 Å². The summed E-state index contributed by atoms with van der Waals surface area (Å²) in [6.07, 6.45) is 0.286. The number of carbonyl (C=O) groups excluding carboxylic acids is 2. The summed E-state index contributed by atoms with van der Waals surface area (Å²) in [6.45, 7) is 8.98. The lowest BCUT2D eigenvalue weighted by atomic mass is 10.0. The smallest absolute Gasteiger partial charge is 0.339 e. The summed E-state index contributed by atoms with van der Waals surface area (Å²) in [5, 5.41) is -0.504. The number of benzene rings is 1. The highest BCUT2D eigenvalue weighted by Gasteiger charge is 2.35. The number of likely N-dealkylation sites (N-methyl/N-ethyl adjacent to an activating group) is 1. The van der Waals surface area contributed by atoms with E-state index in [1.54, 1.807) is 45.0 Å². The van der Waals surface area contributed by atoms with Crippen LogP contribution in [0.15, 0.2) is 40.3 Å². The first-order valence-corrected chi connectivity index (χ1v) is 12.8. The first-order chi connectivity index (χ1) is 17.2. The van der Waals surface area contributed by atoms with Crippen LogP contribution in [0, 0.1) is 5.92 Å². The first kappa shape index (κ1) is 28.0. The highest BCUT2D eigenvalue weighted by molar-refractivity contribution is 7.79. The number of anilines is 1. The number of rotatable bonds is 7. The molecule has 3 rings (SSSR count). The van der Waals surface area contributed by atoms with Gasteiger partial charge in [0.2, 0.25) is 11.1 Å². The maximum absolute atomic E-state index is 13.8. The molecule has 0 radical (unpaired) electrons. The molecule has 0 bridgehead atoms. The quantitative estimate of drug-likeness (QED) is 0.264. The summed E-state index contributed by atoms with van der Waals surface area (Å²) < 4.78 is 28.7. The van der Waals surface area contributed by atoms with Gasteiger partial charge in [0.15, 0.2) is 11.5 Å². The van der Waals surface area contributed by atoms with Crippen LogP contribution in [0.4, 0.5) is 10.6 Å². The minimum Gasteiger partial charge on any atom is -0.458 e. The third-order valence-corrected chi connectivity index (χ3v) is 5.94. The van der Waals surface area contributed by atoms with E-state index in [4.69, 9.17) is 10.5 Å². The fourth-order valence-corrected chi connectivity index (χ4v) is 4.17. The molecule has 0 aliphatic heterocycles. The van der Waals surface area contributed by atoms with Crippen molar-refractivity contribution < 1.29 is 23.1 Å². The number of imidazole rings is 1. The highest BCUT2D eigenvalue weighted by atomic mass is 32.2. The Labute approximate surface area is 216 Å². The maximum atomic E-state index is 13.8. The molecule has 2 aromatic heterocycles. The van der Waals surface area contributed by atoms with E-state index in [1.165, 1.54) is 11.6 Å². The van der Waals surface area contributed by atoms with Crippen molar-refractivity contribution in [3.05, 3.63) is 46.4 Å². The molecule has 13 heteroatoms. The molecule has 200 valence electrons. The number of esters is 1. The van der Waals surface area contributed by atoms with Crippen molar-refractivity contribution in [1.82, 2.24) is 24.0 Å². The molecule has 0 aliphatic carbocycles. The van der Waals surface area contributed by atoms with E-state index in [0.29, 0.717) is 0 Å². The molecular formula is C24H32N6O6S. The number of fused-ring (bicyclic) bond motifs is 1. The molecule has 3 aromatic rings. The number of nitrogens with two attached hydrogens (primary N) is 1. The van der Waals surface area contributed by atoms with E-state index in [9.17, 15) is 23.1 Å². The summed E-state index contributed by atoms with van der Waals surface area (Å²) in [5.41, 5.74) is 5.02. The zero-order valence-corrected chi connectivity index (χ0v) is 22.5. The van der Waals surface area contributed by atoms with Gasteiger partial charge in [-0.05, 0) is 38.7 Å². The topological polar surface area (TPSA) is 163 Å². The number of aromatic nitrogens is 4. The van der Waals surface area contributed by atoms with Crippen LogP contribution >= 0.6 is 0 Å². The Morgan fingerprint density at radius 3 is 2.35 bits per heavy atom. The lowest BCUT2D eigenvalue weighted by Crippen LogP contribution is -2.49. The standard InChI is InChI=1S/C24H32N6O6S/c1-14(2)12-16(20(31)36-24(3,4)5)28(6)22(32)30-17-18(25)26-21(37(34)35)27-19(17)29(23(30)33)13-15-10-8-7-9-11-15/h7-11,14,16H,12-13H2,1-6H3,(H,34,35)(H2,25,26,27)/t16-/m0/s1. The van der Waals surface area contributed by atoms with Gasteiger partial charge in [-0.3, -0.25) is 9.12 Å². The van der Waals surface area contributed by atoms with Crippen molar-refractivity contribution in [2.75, 3.05) is 12.8 Å². The Hall–Kier alpha value is -3.58. The number of nitrogen functional groups attached to an aromatic ring is 1. The molecule has 2 heterocycles. The Morgan fingerprint density at radius 2 is 1.81 bits per heavy atom. The Balaban J connectivity index is 2.19. The second-order valence-electron chi connectivity index (χ2n) is 10.1. The Morgan fingerprint density at radius 1 is 1.19 bits per heavy atom. The molecule has 0 saturated carbocycles. The SMILES string of the molecule is CC(C)C[C@@H](C(=O)OC(C)(C)C)N(C)C(=O)n1c(=O)n(Cc2ccccc2)c2nc(S(=O)O)nc(N)c21. The van der Waals surface area contributed by atoms with Crippen LogP contribution in [0.5, 0.6) is 0 Å². The summed E-state index contributed by atoms with van der Waals surface area (Å²) in [7, 11) is 1.40. The van der Waals surface area contributed by atoms with Gasteiger partial charge in [-0.1, -0.05) is 44.2 Å². The van der Waals surface area contributed by atoms with Crippen LogP contribution in [0.1, 0.15) is 46.6 Å². The molecule has 2 atom stereocenters. The molecule has 12 nitrogen and oxygen atoms in total. The molecule has 37 heavy (non-hydrogen) atoms. The van der Waals surface area contributed by atoms with Crippen molar-refractivity contribution in [1.29, 1.82) is 0 Å². The van der Waals surface area contributed by atoms with Gasteiger partial charge < -0.3 is 15.4 Å². The Bertz CT molecular complexity index is 1390. The third kappa shape index (κ3) is 6.23. The average molecular weight is 533 g/mol. The predicted octanol–water partition coefficient (Wildman–Crippen LogP) is 2.46. The van der Waals surface area contributed by atoms with Gasteiger partial charge in [0.05, 0.1) is 6.54 Å². The third-order valence-electron chi connectivity index (χ3n) is 5.45. The minimum atomic E-state index is -2.58. The van der Waals surface area contributed by atoms with Crippen LogP contribution in [0.2, 0.25) is 0 Å². The van der Waals surface area contributed by atoms with Gasteiger partial charge in [-0.2, -0.15) is 9.97 Å². The summed E-state index contributed by atoms with van der Waals surface area (Å²) in [4.78, 5) is 49.4. The first-order valence-electron chi connectivity index (χ1n) is 11.6. The molecule has 0 spiro atoms. The molecular weight excluding hydrogens is 500 g/mol. The van der Waals surface area contributed by atoms with Gasteiger partial charge >= 0.3 is 17.7 Å². The molecule has 0 aliphatic rings. The number of ether oxygens (including phenoxy) is 1. The molecule has 0 saturated heterocycles. The van der Waals surface area contributed by atoms with Crippen molar-refractivity contribution in [3.63, 3.8) is 0 Å². The van der Waals surface area contributed by atoms with E-state index >= 15 is 0 Å². The molecule has 1 unspecified atom stereocenters. The Kier molecular flexibility index (Phi) is 8.18. The van der Waals surface area contributed by atoms with E-state index in [2.05, 4.69) is 9.97 Å². The second-order valence-corrected chi connectivity index (χ2v) is 10.9. The highest BCUT2D eigenvalue weighted by Crippen LogP contribution is 2.22. The van der Waals surface area contributed by atoms with Crippen molar-refractivity contribution in [2.45, 2.75) is 64.4 Å². The molecule has 0 fully saturated rings. The predicted molar refractivity (Wildman–Crippen MR) is 138 cm³/mol. The zero-order chi connectivity index (χ0) is 27.7. The van der Waals surface area contributed by atoms with E-state index in [0.717, 1.165) is 15.0 Å². The fourth-order valence-electron chi connectivity index (χ4n) is 3.83. The summed E-state index contributed by atoms with van der Waals surface area (Å²) in [6, 6.07) is 7.11. The monoisotopic (exact) mass is 532 g/mol.